The van der Waals surface area contributed by atoms with Crippen LogP contribution in [-0.2, 0) is 14.0 Å². The number of hydrogen-bond donors (Lipinski definition) is 2. The summed E-state index contributed by atoms with van der Waals surface area (Å²) in [4.78, 5) is 12.9. The number of aliphatic hydroxyl groups is 2. The molecule has 0 aromatic heterocycles. The third-order valence-electron chi connectivity index (χ3n) is 6.22. The van der Waals surface area contributed by atoms with Crippen molar-refractivity contribution >= 4 is 36.9 Å². The SMILES string of the molecule is C=C[C@H](C)C(OC(=O)C[C@H](CC[C@@](C)(O)[C@@H](O)C=C)O[Si](C)(C)C(C)(C)C)/C(C)=C/I. The normalized spacial score (nSPS) is 19.0. The minimum absolute atomic E-state index is 0.0156. The van der Waals surface area contributed by atoms with Crippen molar-refractivity contribution in [2.45, 2.75) is 103 Å². The van der Waals surface area contributed by atoms with Crippen molar-refractivity contribution < 1.29 is 24.2 Å². The lowest BCUT2D eigenvalue weighted by molar-refractivity contribution is -0.151. The first kappa shape index (κ1) is 30.5. The van der Waals surface area contributed by atoms with Crippen LogP contribution in [0.3, 0.4) is 0 Å². The molecule has 7 heteroatoms. The smallest absolute Gasteiger partial charge is 0.308 e. The number of carbonyl (C=O) groups is 1. The van der Waals surface area contributed by atoms with E-state index in [0.29, 0.717) is 6.42 Å². The van der Waals surface area contributed by atoms with Crippen molar-refractivity contribution in [1.29, 1.82) is 0 Å². The molecular weight excluding hydrogens is 523 g/mol. The molecule has 0 saturated carbocycles. The summed E-state index contributed by atoms with van der Waals surface area (Å²) in [7, 11) is -2.16. The van der Waals surface area contributed by atoms with E-state index in [1.807, 2.05) is 17.9 Å². The highest BCUT2D eigenvalue weighted by molar-refractivity contribution is 14.1. The molecule has 180 valence electrons. The van der Waals surface area contributed by atoms with Crippen molar-refractivity contribution in [2.75, 3.05) is 0 Å². The first-order valence-electron chi connectivity index (χ1n) is 10.8. The molecule has 0 saturated heterocycles. The number of carbonyl (C=O) groups excluding carboxylic acids is 1. The second kappa shape index (κ2) is 12.7. The predicted molar refractivity (Wildman–Crippen MR) is 140 cm³/mol. The van der Waals surface area contributed by atoms with Crippen LogP contribution in [0.25, 0.3) is 0 Å². The molecule has 0 bridgehead atoms. The van der Waals surface area contributed by atoms with E-state index in [1.54, 1.807) is 13.0 Å². The Morgan fingerprint density at radius 2 is 1.74 bits per heavy atom. The van der Waals surface area contributed by atoms with Crippen LogP contribution >= 0.6 is 22.6 Å². The first-order chi connectivity index (χ1) is 14.0. The molecule has 0 spiro atoms. The number of aliphatic hydroxyl groups excluding tert-OH is 1. The minimum atomic E-state index is -2.16. The van der Waals surface area contributed by atoms with Crippen LogP contribution in [0.1, 0.15) is 60.8 Å². The molecule has 31 heavy (non-hydrogen) atoms. The zero-order chi connectivity index (χ0) is 24.6. The van der Waals surface area contributed by atoms with Gasteiger partial charge in [-0.05, 0) is 54.5 Å². The van der Waals surface area contributed by atoms with E-state index in [2.05, 4.69) is 69.6 Å². The van der Waals surface area contributed by atoms with Crippen molar-refractivity contribution in [2.24, 2.45) is 5.92 Å². The molecule has 5 nitrogen and oxygen atoms in total. The molecule has 5 atom stereocenters. The van der Waals surface area contributed by atoms with E-state index < -0.39 is 26.1 Å². The van der Waals surface area contributed by atoms with Gasteiger partial charge in [0.2, 0.25) is 0 Å². The highest BCUT2D eigenvalue weighted by Crippen LogP contribution is 2.38. The fourth-order valence-electron chi connectivity index (χ4n) is 2.83. The zero-order valence-corrected chi connectivity index (χ0v) is 23.7. The Morgan fingerprint density at radius 3 is 2.16 bits per heavy atom. The van der Waals surface area contributed by atoms with Crippen LogP contribution in [0.4, 0.5) is 0 Å². The van der Waals surface area contributed by atoms with E-state index in [-0.39, 0.29) is 35.9 Å². The Bertz CT molecular complexity index is 636. The van der Waals surface area contributed by atoms with Crippen molar-refractivity contribution in [3.63, 3.8) is 0 Å². The lowest BCUT2D eigenvalue weighted by Gasteiger charge is -2.40. The van der Waals surface area contributed by atoms with Gasteiger partial charge in [0, 0.05) is 5.92 Å². The largest absolute Gasteiger partial charge is 0.457 e. The summed E-state index contributed by atoms with van der Waals surface area (Å²) in [6.07, 6.45) is 2.02. The average molecular weight is 567 g/mol. The maximum atomic E-state index is 12.9. The van der Waals surface area contributed by atoms with Crippen LogP contribution in [0.5, 0.6) is 0 Å². The highest BCUT2D eigenvalue weighted by atomic mass is 127. The Kier molecular flexibility index (Phi) is 12.5. The molecule has 0 radical (unpaired) electrons. The first-order valence-corrected chi connectivity index (χ1v) is 15.0. The molecule has 0 aliphatic carbocycles. The highest BCUT2D eigenvalue weighted by Gasteiger charge is 2.40. The maximum Gasteiger partial charge on any atom is 0.308 e. The number of ether oxygens (including phenoxy) is 1. The van der Waals surface area contributed by atoms with Gasteiger partial charge in [-0.25, -0.2) is 0 Å². The van der Waals surface area contributed by atoms with E-state index in [1.165, 1.54) is 6.08 Å². The van der Waals surface area contributed by atoms with E-state index in [4.69, 9.17) is 9.16 Å². The predicted octanol–water partition coefficient (Wildman–Crippen LogP) is 5.92. The molecule has 0 aliphatic heterocycles. The lowest BCUT2D eigenvalue weighted by atomic mass is 9.91. The fraction of sp³-hybridized carbons (Fsp3) is 0.708. The van der Waals surface area contributed by atoms with Gasteiger partial charge in [0.25, 0.3) is 0 Å². The maximum absolute atomic E-state index is 12.9. The number of halogens is 1. The summed E-state index contributed by atoms with van der Waals surface area (Å²) in [5.74, 6) is -0.359. The van der Waals surface area contributed by atoms with Gasteiger partial charge in [-0.3, -0.25) is 4.79 Å². The Morgan fingerprint density at radius 1 is 1.19 bits per heavy atom. The topological polar surface area (TPSA) is 76.0 Å². The summed E-state index contributed by atoms with van der Waals surface area (Å²) in [6.45, 7) is 23.5. The molecule has 0 aromatic rings. The molecule has 0 aromatic carbocycles. The summed E-state index contributed by atoms with van der Waals surface area (Å²) >= 11 is 2.14. The summed E-state index contributed by atoms with van der Waals surface area (Å²) in [5, 5.41) is 20.6. The lowest BCUT2D eigenvalue weighted by Crippen LogP contribution is -2.46. The third-order valence-corrected chi connectivity index (χ3v) is 11.7. The van der Waals surface area contributed by atoms with Gasteiger partial charge in [-0.1, -0.05) is 62.4 Å². The van der Waals surface area contributed by atoms with Gasteiger partial charge in [0.15, 0.2) is 8.32 Å². The standard InChI is InChI=1S/C24H43IO5Si/c1-11-17(3)22(18(4)16-25)29-21(27)15-19(30-31(9,10)23(5,6)7)13-14-24(8,28)20(26)12-2/h11-12,16-17,19-20,22,26,28H,1-2,13-15H2,3-10H3/b18-16+/t17-,19-,20-,22?,24+/m0/s1. The molecular formula is C24H43IO5Si. The van der Waals surface area contributed by atoms with Crippen molar-refractivity contribution in [1.82, 2.24) is 0 Å². The molecule has 0 rings (SSSR count). The van der Waals surface area contributed by atoms with Gasteiger partial charge in [0.1, 0.15) is 12.2 Å². The molecule has 0 aliphatic rings. The Hall–Kier alpha value is -0.483. The van der Waals surface area contributed by atoms with Crippen LogP contribution in [-0.4, -0.2) is 48.4 Å². The van der Waals surface area contributed by atoms with Gasteiger partial charge >= 0.3 is 5.97 Å². The van der Waals surface area contributed by atoms with E-state index in [9.17, 15) is 15.0 Å². The van der Waals surface area contributed by atoms with Crippen LogP contribution in [0.2, 0.25) is 18.1 Å². The molecule has 0 fully saturated rings. The van der Waals surface area contributed by atoms with Gasteiger partial charge in [-0.15, -0.1) is 13.2 Å². The average Bonchev–Trinajstić information content (AvgIpc) is 2.67. The van der Waals surface area contributed by atoms with Crippen LogP contribution < -0.4 is 0 Å². The number of esters is 1. The monoisotopic (exact) mass is 566 g/mol. The molecule has 0 heterocycles. The molecule has 0 amide bonds. The van der Waals surface area contributed by atoms with Gasteiger partial charge in [0.05, 0.1) is 18.1 Å². The van der Waals surface area contributed by atoms with E-state index in [0.717, 1.165) is 5.57 Å². The van der Waals surface area contributed by atoms with Crippen LogP contribution in [0, 0.1) is 5.92 Å². The van der Waals surface area contributed by atoms with Crippen LogP contribution in [0.15, 0.2) is 35.0 Å². The van der Waals surface area contributed by atoms with Crippen molar-refractivity contribution in [3.8, 4) is 0 Å². The summed E-state index contributed by atoms with van der Waals surface area (Å²) in [5.41, 5.74) is -0.388. The fourth-order valence-corrected chi connectivity index (χ4v) is 4.57. The number of rotatable bonds is 13. The molecule has 1 unspecified atom stereocenters. The third kappa shape index (κ3) is 9.90. The minimum Gasteiger partial charge on any atom is -0.457 e. The summed E-state index contributed by atoms with van der Waals surface area (Å²) < 4.78 is 14.2. The quantitative estimate of drug-likeness (QED) is 0.125. The Labute approximate surface area is 204 Å². The van der Waals surface area contributed by atoms with E-state index >= 15 is 0 Å². The second-order valence-electron chi connectivity index (χ2n) is 10.1. The molecule has 2 N–H and O–H groups in total. The second-order valence-corrected chi connectivity index (χ2v) is 15.5. The van der Waals surface area contributed by atoms with Gasteiger partial charge < -0.3 is 19.4 Å². The number of hydrogen-bond acceptors (Lipinski definition) is 5. The van der Waals surface area contributed by atoms with Crippen molar-refractivity contribution in [3.05, 3.63) is 35.0 Å². The zero-order valence-electron chi connectivity index (χ0n) is 20.6. The van der Waals surface area contributed by atoms with Gasteiger partial charge in [-0.2, -0.15) is 0 Å². The Balaban J connectivity index is 5.56. The summed E-state index contributed by atoms with van der Waals surface area (Å²) in [6, 6.07) is 0.